The van der Waals surface area contributed by atoms with Gasteiger partial charge in [0.1, 0.15) is 17.1 Å². The van der Waals surface area contributed by atoms with E-state index < -0.39 is 5.97 Å². The molecule has 2 aromatic carbocycles. The third kappa shape index (κ3) is 3.96. The average molecular weight is 415 g/mol. The SMILES string of the molecule is Cc1ccc(F)c(-c2ccc(-c3cc4ccc([C@@H](CC(=O)O)C5CC5)cc4o3)nc2)c1. The van der Waals surface area contributed by atoms with E-state index in [1.165, 1.54) is 6.07 Å². The number of hydrogen-bond donors (Lipinski definition) is 1. The first-order valence-electron chi connectivity index (χ1n) is 10.5. The number of aliphatic carboxylic acids is 1. The molecule has 0 saturated heterocycles. The molecule has 0 bridgehead atoms. The van der Waals surface area contributed by atoms with Crippen LogP contribution in [-0.2, 0) is 4.79 Å². The maximum absolute atomic E-state index is 14.2. The van der Waals surface area contributed by atoms with Crippen molar-refractivity contribution >= 4 is 16.9 Å². The Kier molecular flexibility index (Phi) is 4.81. The van der Waals surface area contributed by atoms with Gasteiger partial charge in [-0.15, -0.1) is 0 Å². The van der Waals surface area contributed by atoms with Crippen LogP contribution < -0.4 is 0 Å². The lowest BCUT2D eigenvalue weighted by Gasteiger charge is -2.14. The van der Waals surface area contributed by atoms with E-state index in [0.29, 0.717) is 28.5 Å². The molecule has 0 spiro atoms. The highest BCUT2D eigenvalue weighted by Crippen LogP contribution is 2.45. The first-order chi connectivity index (χ1) is 15.0. The Balaban J connectivity index is 1.45. The largest absolute Gasteiger partial charge is 0.481 e. The Bertz CT molecular complexity index is 1270. The van der Waals surface area contributed by atoms with Gasteiger partial charge in [-0.05, 0) is 67.5 Å². The predicted molar refractivity (Wildman–Crippen MR) is 117 cm³/mol. The molecular weight excluding hydrogens is 393 g/mol. The van der Waals surface area contributed by atoms with Gasteiger partial charge in [-0.1, -0.05) is 29.8 Å². The van der Waals surface area contributed by atoms with Crippen LogP contribution in [0.5, 0.6) is 0 Å². The van der Waals surface area contributed by atoms with Crippen LogP contribution in [0.3, 0.4) is 0 Å². The smallest absolute Gasteiger partial charge is 0.303 e. The molecule has 4 aromatic rings. The second kappa shape index (κ2) is 7.65. The Morgan fingerprint density at radius 1 is 1.16 bits per heavy atom. The number of nitrogens with zero attached hydrogens (tertiary/aromatic N) is 1. The maximum atomic E-state index is 14.2. The number of aromatic nitrogens is 1. The third-order valence-electron chi connectivity index (χ3n) is 6.01. The lowest BCUT2D eigenvalue weighted by molar-refractivity contribution is -0.137. The molecule has 156 valence electrons. The van der Waals surface area contributed by atoms with Crippen LogP contribution in [0.15, 0.2) is 65.2 Å². The van der Waals surface area contributed by atoms with Gasteiger partial charge in [0, 0.05) is 22.7 Å². The van der Waals surface area contributed by atoms with Crippen molar-refractivity contribution in [1.29, 1.82) is 0 Å². The zero-order chi connectivity index (χ0) is 21.5. The summed E-state index contributed by atoms with van der Waals surface area (Å²) in [6.45, 7) is 1.93. The molecule has 1 aliphatic rings. The Morgan fingerprint density at radius 3 is 2.71 bits per heavy atom. The zero-order valence-corrected chi connectivity index (χ0v) is 17.1. The van der Waals surface area contributed by atoms with E-state index in [1.807, 2.05) is 49.4 Å². The Labute approximate surface area is 179 Å². The van der Waals surface area contributed by atoms with Gasteiger partial charge in [-0.25, -0.2) is 4.39 Å². The van der Waals surface area contributed by atoms with Crippen molar-refractivity contribution in [2.45, 2.75) is 32.1 Å². The van der Waals surface area contributed by atoms with Crippen molar-refractivity contribution in [3.8, 4) is 22.6 Å². The summed E-state index contributed by atoms with van der Waals surface area (Å²) >= 11 is 0. The number of benzene rings is 2. The number of carbonyl (C=O) groups is 1. The van der Waals surface area contributed by atoms with Crippen molar-refractivity contribution in [2.75, 3.05) is 0 Å². The Morgan fingerprint density at radius 2 is 2.00 bits per heavy atom. The first-order valence-corrected chi connectivity index (χ1v) is 10.5. The van der Waals surface area contributed by atoms with E-state index in [9.17, 15) is 14.3 Å². The molecule has 1 atom stereocenters. The highest BCUT2D eigenvalue weighted by molar-refractivity contribution is 5.83. The second-order valence-electron chi connectivity index (χ2n) is 8.37. The average Bonchev–Trinajstić information content (AvgIpc) is 3.51. The molecule has 5 rings (SSSR count). The molecule has 1 fully saturated rings. The van der Waals surface area contributed by atoms with E-state index in [2.05, 4.69) is 4.98 Å². The molecule has 0 unspecified atom stereocenters. The number of carboxylic acids is 1. The van der Waals surface area contributed by atoms with Crippen LogP contribution in [0, 0.1) is 18.7 Å². The van der Waals surface area contributed by atoms with Crippen molar-refractivity contribution in [3.63, 3.8) is 0 Å². The summed E-state index contributed by atoms with van der Waals surface area (Å²) in [7, 11) is 0. The predicted octanol–water partition coefficient (Wildman–Crippen LogP) is 6.58. The monoisotopic (exact) mass is 415 g/mol. The van der Waals surface area contributed by atoms with Gasteiger partial charge in [-0.3, -0.25) is 9.78 Å². The fourth-order valence-corrected chi connectivity index (χ4v) is 4.21. The number of hydrogen-bond acceptors (Lipinski definition) is 3. The number of furan rings is 1. The van der Waals surface area contributed by atoms with E-state index in [0.717, 1.165) is 34.9 Å². The number of halogens is 1. The van der Waals surface area contributed by atoms with Crippen LogP contribution in [0.1, 0.15) is 36.3 Å². The maximum Gasteiger partial charge on any atom is 0.303 e. The molecule has 1 aliphatic carbocycles. The summed E-state index contributed by atoms with van der Waals surface area (Å²) < 4.78 is 20.2. The van der Waals surface area contributed by atoms with Crippen LogP contribution in [0.25, 0.3) is 33.6 Å². The highest BCUT2D eigenvalue weighted by Gasteiger charge is 2.34. The number of pyridine rings is 1. The molecule has 0 aliphatic heterocycles. The van der Waals surface area contributed by atoms with E-state index >= 15 is 0 Å². The van der Waals surface area contributed by atoms with Crippen molar-refractivity contribution in [1.82, 2.24) is 4.98 Å². The van der Waals surface area contributed by atoms with Gasteiger partial charge in [0.05, 0.1) is 6.42 Å². The van der Waals surface area contributed by atoms with Crippen molar-refractivity contribution in [2.24, 2.45) is 5.92 Å². The van der Waals surface area contributed by atoms with Gasteiger partial charge in [-0.2, -0.15) is 0 Å². The molecule has 1 N–H and O–H groups in total. The topological polar surface area (TPSA) is 63.3 Å². The lowest BCUT2D eigenvalue weighted by Crippen LogP contribution is -2.08. The first kappa shape index (κ1) is 19.5. The Hall–Kier alpha value is -3.47. The second-order valence-corrected chi connectivity index (χ2v) is 8.37. The van der Waals surface area contributed by atoms with E-state index in [4.69, 9.17) is 4.42 Å². The molecule has 2 aromatic heterocycles. The summed E-state index contributed by atoms with van der Waals surface area (Å²) in [5.41, 5.74) is 4.62. The van der Waals surface area contributed by atoms with Crippen LogP contribution in [-0.4, -0.2) is 16.1 Å². The molecule has 4 nitrogen and oxygen atoms in total. The summed E-state index contributed by atoms with van der Waals surface area (Å²) in [6.07, 6.45) is 3.96. The third-order valence-corrected chi connectivity index (χ3v) is 6.01. The fourth-order valence-electron chi connectivity index (χ4n) is 4.21. The minimum atomic E-state index is -0.772. The number of aryl methyl sites for hydroxylation is 1. The normalized spacial score (nSPS) is 14.6. The molecule has 31 heavy (non-hydrogen) atoms. The van der Waals surface area contributed by atoms with Gasteiger partial charge >= 0.3 is 5.97 Å². The van der Waals surface area contributed by atoms with Crippen molar-refractivity contribution < 1.29 is 18.7 Å². The molecule has 2 heterocycles. The summed E-state index contributed by atoms with van der Waals surface area (Å²) in [5.74, 6) is 0.0513. The van der Waals surface area contributed by atoms with Crippen LogP contribution >= 0.6 is 0 Å². The minimum absolute atomic E-state index is 0.0251. The molecular formula is C26H22FNO3. The molecule has 5 heteroatoms. The number of fused-ring (bicyclic) bond motifs is 1. The molecule has 1 saturated carbocycles. The van der Waals surface area contributed by atoms with E-state index in [1.54, 1.807) is 12.3 Å². The van der Waals surface area contributed by atoms with Crippen molar-refractivity contribution in [3.05, 3.63) is 77.7 Å². The highest BCUT2D eigenvalue weighted by atomic mass is 19.1. The zero-order valence-electron chi connectivity index (χ0n) is 17.1. The van der Waals surface area contributed by atoms with Gasteiger partial charge in [0.25, 0.3) is 0 Å². The van der Waals surface area contributed by atoms with Crippen LogP contribution in [0.4, 0.5) is 4.39 Å². The summed E-state index contributed by atoms with van der Waals surface area (Å²) in [6, 6.07) is 16.6. The molecule has 0 radical (unpaired) electrons. The fraction of sp³-hybridized carbons (Fsp3) is 0.231. The van der Waals surface area contributed by atoms with E-state index in [-0.39, 0.29) is 18.2 Å². The van der Waals surface area contributed by atoms with Crippen LogP contribution in [0.2, 0.25) is 0 Å². The summed E-state index contributed by atoms with van der Waals surface area (Å²) in [5, 5.41) is 10.2. The number of rotatable bonds is 6. The minimum Gasteiger partial charge on any atom is -0.481 e. The van der Waals surface area contributed by atoms with Gasteiger partial charge in [0.2, 0.25) is 0 Å². The summed E-state index contributed by atoms with van der Waals surface area (Å²) in [4.78, 5) is 15.8. The molecule has 0 amide bonds. The standard InChI is InChI=1S/C26H22FNO3/c1-15-2-8-22(27)21(10-15)19-7-9-23(28-14-19)25-12-18-6-5-17(11-24(18)31-25)20(13-26(29)30)16-3-4-16/h2,5-12,14,16,20H,3-4,13H2,1H3,(H,29,30)/t20-/m0/s1. The lowest BCUT2D eigenvalue weighted by atomic mass is 9.90. The quantitative estimate of drug-likeness (QED) is 0.386. The van der Waals surface area contributed by atoms with Gasteiger partial charge < -0.3 is 9.52 Å². The number of carboxylic acid groups (broad SMARTS) is 1. The van der Waals surface area contributed by atoms with Gasteiger partial charge in [0.15, 0.2) is 5.76 Å².